The Morgan fingerprint density at radius 3 is 2.10 bits per heavy atom. The third-order valence-electron chi connectivity index (χ3n) is 2.72. The van der Waals surface area contributed by atoms with Crippen LogP contribution in [0.25, 0.3) is 5.76 Å². The summed E-state index contributed by atoms with van der Waals surface area (Å²) in [6.45, 7) is 0. The van der Waals surface area contributed by atoms with E-state index in [1.54, 1.807) is 48.5 Å². The van der Waals surface area contributed by atoms with Gasteiger partial charge in [0.15, 0.2) is 11.3 Å². The minimum absolute atomic E-state index is 0.110. The van der Waals surface area contributed by atoms with Crippen LogP contribution in [0.5, 0.6) is 5.75 Å². The molecule has 2 aromatic carbocycles. The van der Waals surface area contributed by atoms with Crippen molar-refractivity contribution in [1.29, 1.82) is 10.5 Å². The molecule has 4 nitrogen and oxygen atoms in total. The van der Waals surface area contributed by atoms with Gasteiger partial charge in [-0.1, -0.05) is 30.3 Å². The van der Waals surface area contributed by atoms with Crippen molar-refractivity contribution in [2.75, 3.05) is 0 Å². The molecule has 0 aromatic heterocycles. The molecule has 4 heteroatoms. The maximum Gasteiger partial charge on any atom is 0.172 e. The van der Waals surface area contributed by atoms with E-state index in [0.29, 0.717) is 16.9 Å². The number of hydrogen-bond donors (Lipinski definition) is 0. The van der Waals surface area contributed by atoms with Crippen LogP contribution in [0.1, 0.15) is 15.9 Å². The molecule has 0 amide bonds. The van der Waals surface area contributed by atoms with Gasteiger partial charge in [0, 0.05) is 11.1 Å². The molecule has 0 spiro atoms. The molecule has 0 atom stereocenters. The van der Waals surface area contributed by atoms with E-state index in [2.05, 4.69) is 0 Å². The van der Waals surface area contributed by atoms with Gasteiger partial charge in [0.2, 0.25) is 0 Å². The zero-order chi connectivity index (χ0) is 15.1. The Kier molecular flexibility index (Phi) is 4.48. The van der Waals surface area contributed by atoms with E-state index in [4.69, 9.17) is 15.3 Å². The number of ether oxygens (including phenoxy) is 1. The number of allylic oxidation sites excluding steroid dienone is 1. The number of nitriles is 2. The van der Waals surface area contributed by atoms with Crippen LogP contribution < -0.4 is 4.74 Å². The smallest absolute Gasteiger partial charge is 0.172 e. The first kappa shape index (κ1) is 14.0. The predicted molar refractivity (Wildman–Crippen MR) is 77.0 cm³/mol. The number of aldehydes is 1. The molecular formula is C17H10N2O2. The summed E-state index contributed by atoms with van der Waals surface area (Å²) in [6.07, 6.45) is 0.730. The number of carbonyl (C=O) groups excluding carboxylic acids is 1. The largest absolute Gasteiger partial charge is 0.455 e. The number of carbonyl (C=O) groups is 1. The molecule has 0 aliphatic heterocycles. The van der Waals surface area contributed by atoms with Crippen molar-refractivity contribution in [1.82, 2.24) is 0 Å². The SMILES string of the molecule is N#CC(C#N)=C(Oc1ccc(C=O)cc1)c1ccccc1. The van der Waals surface area contributed by atoms with Gasteiger partial charge in [-0.25, -0.2) is 0 Å². The highest BCUT2D eigenvalue weighted by molar-refractivity contribution is 5.75. The summed E-state index contributed by atoms with van der Waals surface area (Å²) in [7, 11) is 0. The number of nitrogens with zero attached hydrogens (tertiary/aromatic N) is 2. The van der Waals surface area contributed by atoms with Crippen molar-refractivity contribution in [2.24, 2.45) is 0 Å². The molecule has 0 aliphatic carbocycles. The zero-order valence-electron chi connectivity index (χ0n) is 11.0. The Labute approximate surface area is 122 Å². The number of hydrogen-bond acceptors (Lipinski definition) is 4. The Morgan fingerprint density at radius 2 is 1.57 bits per heavy atom. The van der Waals surface area contributed by atoms with Crippen LogP contribution in [0.4, 0.5) is 0 Å². The summed E-state index contributed by atoms with van der Waals surface area (Å²) < 4.78 is 5.66. The molecule has 100 valence electrons. The van der Waals surface area contributed by atoms with E-state index >= 15 is 0 Å². The lowest BCUT2D eigenvalue weighted by atomic mass is 10.1. The van der Waals surface area contributed by atoms with Crippen molar-refractivity contribution in [3.8, 4) is 17.9 Å². The normalized spacial score (nSPS) is 9.05. The molecule has 0 aliphatic rings. The molecule has 2 rings (SSSR count). The topological polar surface area (TPSA) is 73.9 Å². The van der Waals surface area contributed by atoms with E-state index in [0.717, 1.165) is 6.29 Å². The molecule has 0 heterocycles. The molecule has 0 radical (unpaired) electrons. The van der Waals surface area contributed by atoms with Crippen LogP contribution in [-0.4, -0.2) is 6.29 Å². The van der Waals surface area contributed by atoms with Crippen LogP contribution in [0.2, 0.25) is 0 Å². The maximum absolute atomic E-state index is 10.6. The van der Waals surface area contributed by atoms with Gasteiger partial charge in [0.05, 0.1) is 0 Å². The number of rotatable bonds is 4. The summed E-state index contributed by atoms with van der Waals surface area (Å²) in [5, 5.41) is 18.1. The van der Waals surface area contributed by atoms with Crippen LogP contribution in [0.15, 0.2) is 60.2 Å². The fraction of sp³-hybridized carbons (Fsp3) is 0. The highest BCUT2D eigenvalue weighted by Crippen LogP contribution is 2.24. The van der Waals surface area contributed by atoms with Crippen molar-refractivity contribution in [3.63, 3.8) is 0 Å². The summed E-state index contributed by atoms with van der Waals surface area (Å²) in [5.41, 5.74) is 1.05. The van der Waals surface area contributed by atoms with Crippen molar-refractivity contribution in [2.45, 2.75) is 0 Å². The second-order valence-electron chi connectivity index (χ2n) is 4.08. The van der Waals surface area contributed by atoms with E-state index in [-0.39, 0.29) is 11.3 Å². The van der Waals surface area contributed by atoms with Crippen LogP contribution in [0.3, 0.4) is 0 Å². The van der Waals surface area contributed by atoms with Crippen LogP contribution >= 0.6 is 0 Å². The standard InChI is InChI=1S/C17H10N2O2/c18-10-15(11-19)17(14-4-2-1-3-5-14)21-16-8-6-13(12-20)7-9-16/h1-9,12H. The average Bonchev–Trinajstić information content (AvgIpc) is 2.56. The average molecular weight is 274 g/mol. The lowest BCUT2D eigenvalue weighted by molar-refractivity contribution is 0.112. The highest BCUT2D eigenvalue weighted by atomic mass is 16.5. The third kappa shape index (κ3) is 3.34. The summed E-state index contributed by atoms with van der Waals surface area (Å²) in [6, 6.07) is 19.0. The van der Waals surface area contributed by atoms with Gasteiger partial charge in [-0.2, -0.15) is 10.5 Å². The molecule has 0 N–H and O–H groups in total. The van der Waals surface area contributed by atoms with Crippen molar-refractivity contribution >= 4 is 12.0 Å². The first-order valence-corrected chi connectivity index (χ1v) is 6.11. The molecule has 0 saturated heterocycles. The van der Waals surface area contributed by atoms with Gasteiger partial charge in [-0.3, -0.25) is 4.79 Å². The van der Waals surface area contributed by atoms with Gasteiger partial charge >= 0.3 is 0 Å². The fourth-order valence-corrected chi connectivity index (χ4v) is 1.70. The Balaban J connectivity index is 2.43. The van der Waals surface area contributed by atoms with Gasteiger partial charge in [-0.05, 0) is 24.3 Å². The molecular weight excluding hydrogens is 264 g/mol. The molecule has 0 fully saturated rings. The fourth-order valence-electron chi connectivity index (χ4n) is 1.70. The monoisotopic (exact) mass is 274 g/mol. The van der Waals surface area contributed by atoms with Crippen molar-refractivity contribution in [3.05, 3.63) is 71.3 Å². The quantitative estimate of drug-likeness (QED) is 0.487. The lowest BCUT2D eigenvalue weighted by Gasteiger charge is -2.10. The molecule has 2 aromatic rings. The lowest BCUT2D eigenvalue weighted by Crippen LogP contribution is -1.98. The summed E-state index contributed by atoms with van der Waals surface area (Å²) in [4.78, 5) is 10.6. The van der Waals surface area contributed by atoms with Crippen LogP contribution in [-0.2, 0) is 0 Å². The van der Waals surface area contributed by atoms with Crippen LogP contribution in [0, 0.1) is 22.7 Å². The Hall–Kier alpha value is -3.37. The zero-order valence-corrected chi connectivity index (χ0v) is 11.0. The Morgan fingerprint density at radius 1 is 0.952 bits per heavy atom. The molecule has 0 bridgehead atoms. The van der Waals surface area contributed by atoms with E-state index in [9.17, 15) is 4.79 Å². The summed E-state index contributed by atoms with van der Waals surface area (Å²) >= 11 is 0. The van der Waals surface area contributed by atoms with E-state index in [1.807, 2.05) is 18.2 Å². The first-order valence-electron chi connectivity index (χ1n) is 6.11. The highest BCUT2D eigenvalue weighted by Gasteiger charge is 2.12. The molecule has 21 heavy (non-hydrogen) atoms. The van der Waals surface area contributed by atoms with Gasteiger partial charge in [0.25, 0.3) is 0 Å². The van der Waals surface area contributed by atoms with Gasteiger partial charge < -0.3 is 4.74 Å². The second kappa shape index (κ2) is 6.70. The van der Waals surface area contributed by atoms with Gasteiger partial charge in [-0.15, -0.1) is 0 Å². The first-order chi connectivity index (χ1) is 10.3. The Bertz CT molecular complexity index is 732. The van der Waals surface area contributed by atoms with Gasteiger partial charge in [0.1, 0.15) is 24.2 Å². The number of benzene rings is 2. The third-order valence-corrected chi connectivity index (χ3v) is 2.72. The van der Waals surface area contributed by atoms with E-state index < -0.39 is 0 Å². The summed E-state index contributed by atoms with van der Waals surface area (Å²) in [5.74, 6) is 0.641. The molecule has 0 unspecified atom stereocenters. The second-order valence-corrected chi connectivity index (χ2v) is 4.08. The minimum Gasteiger partial charge on any atom is -0.455 e. The van der Waals surface area contributed by atoms with Crippen molar-refractivity contribution < 1.29 is 9.53 Å². The minimum atomic E-state index is -0.110. The predicted octanol–water partition coefficient (Wildman–Crippen LogP) is 3.34. The van der Waals surface area contributed by atoms with E-state index in [1.165, 1.54) is 0 Å². The molecule has 0 saturated carbocycles. The maximum atomic E-state index is 10.6.